The van der Waals surface area contributed by atoms with E-state index in [-0.39, 0.29) is 0 Å². The number of anilines is 1. The van der Waals surface area contributed by atoms with E-state index in [1.165, 1.54) is 0 Å². The molecule has 0 aromatic carbocycles. The maximum Gasteiger partial charge on any atom is 0.133 e. The largest absolute Gasteiger partial charge is 0.388 e. The van der Waals surface area contributed by atoms with Crippen LogP contribution in [0.1, 0.15) is 26.1 Å². The normalized spacial score (nSPS) is 25.1. The summed E-state index contributed by atoms with van der Waals surface area (Å²) in [5, 5.41) is 9.93. The van der Waals surface area contributed by atoms with Gasteiger partial charge in [-0.2, -0.15) is 0 Å². The molecule has 1 saturated heterocycles. The molecule has 2 rings (SSSR count). The van der Waals surface area contributed by atoms with Crippen LogP contribution in [0.4, 0.5) is 5.82 Å². The number of hydrogen-bond donors (Lipinski definition) is 1. The Morgan fingerprint density at radius 1 is 1.56 bits per heavy atom. The van der Waals surface area contributed by atoms with Crippen LogP contribution in [0.25, 0.3) is 0 Å². The molecule has 1 N–H and O–H groups in total. The monoisotopic (exact) mass is 285 g/mol. The maximum atomic E-state index is 9.93. The number of β-amino-alcohol motifs (C(OH)–C–C–N with tert-alkyl or cyclic N) is 1. The third kappa shape index (κ3) is 2.52. The molecular weight excluding hydrogens is 270 g/mol. The first-order chi connectivity index (χ1) is 7.50. The molecule has 0 aliphatic carbocycles. The van der Waals surface area contributed by atoms with Crippen LogP contribution in [-0.4, -0.2) is 33.8 Å². The molecule has 1 fully saturated rings. The van der Waals surface area contributed by atoms with Gasteiger partial charge in [0, 0.05) is 25.6 Å². The molecule has 88 valence electrons. The zero-order valence-electron chi connectivity index (χ0n) is 9.57. The Hall–Kier alpha value is -0.680. The van der Waals surface area contributed by atoms with Crippen molar-refractivity contribution < 1.29 is 5.11 Å². The lowest BCUT2D eigenvalue weighted by atomic mass is 10.1. The number of hydrogen-bond acceptors (Lipinski definition) is 4. The van der Waals surface area contributed by atoms with Crippen molar-refractivity contribution in [2.24, 2.45) is 0 Å². The van der Waals surface area contributed by atoms with E-state index in [9.17, 15) is 5.11 Å². The minimum atomic E-state index is -0.593. The molecule has 1 aromatic rings. The molecule has 0 saturated carbocycles. The Kier molecular flexibility index (Phi) is 3.17. The lowest BCUT2D eigenvalue weighted by Crippen LogP contribution is -2.30. The first-order valence-corrected chi connectivity index (χ1v) is 6.30. The molecule has 1 aliphatic rings. The highest BCUT2D eigenvalue weighted by atomic mass is 79.9. The smallest absolute Gasteiger partial charge is 0.133 e. The molecule has 1 aromatic heterocycles. The topological polar surface area (TPSA) is 49.2 Å². The van der Waals surface area contributed by atoms with Gasteiger partial charge in [-0.05, 0) is 29.3 Å². The standard InChI is InChI=1S/C11H16BrN3O/c1-3-9-13-8(12)6-10(14-9)15-5-4-11(2,16)7-15/h6,16H,3-5,7H2,1-2H3. The van der Waals surface area contributed by atoms with Gasteiger partial charge in [-0.15, -0.1) is 0 Å². The predicted octanol–water partition coefficient (Wildman–Crippen LogP) is 1.76. The van der Waals surface area contributed by atoms with Crippen molar-refractivity contribution in [1.82, 2.24) is 9.97 Å². The predicted molar refractivity (Wildman–Crippen MR) is 66.6 cm³/mol. The molecule has 0 spiro atoms. The van der Waals surface area contributed by atoms with E-state index in [1.807, 2.05) is 19.9 Å². The average molecular weight is 286 g/mol. The van der Waals surface area contributed by atoms with Gasteiger partial charge >= 0.3 is 0 Å². The maximum absolute atomic E-state index is 9.93. The Morgan fingerprint density at radius 2 is 2.31 bits per heavy atom. The van der Waals surface area contributed by atoms with Gasteiger partial charge in [-0.3, -0.25) is 0 Å². The van der Waals surface area contributed by atoms with Crippen molar-refractivity contribution in [2.45, 2.75) is 32.3 Å². The Balaban J connectivity index is 2.24. The summed E-state index contributed by atoms with van der Waals surface area (Å²) in [6, 6.07) is 1.90. The van der Waals surface area contributed by atoms with E-state index in [2.05, 4.69) is 30.8 Å². The molecule has 4 nitrogen and oxygen atoms in total. The number of nitrogens with zero attached hydrogens (tertiary/aromatic N) is 3. The highest BCUT2D eigenvalue weighted by Gasteiger charge is 2.32. The summed E-state index contributed by atoms with van der Waals surface area (Å²) in [5.41, 5.74) is -0.593. The zero-order valence-corrected chi connectivity index (χ0v) is 11.2. The third-order valence-corrected chi connectivity index (χ3v) is 3.23. The Morgan fingerprint density at radius 3 is 2.88 bits per heavy atom. The summed E-state index contributed by atoms with van der Waals surface area (Å²) in [6.07, 6.45) is 1.60. The van der Waals surface area contributed by atoms with Crippen molar-refractivity contribution >= 4 is 21.7 Å². The van der Waals surface area contributed by atoms with E-state index >= 15 is 0 Å². The highest BCUT2D eigenvalue weighted by Crippen LogP contribution is 2.26. The minimum Gasteiger partial charge on any atom is -0.388 e. The van der Waals surface area contributed by atoms with E-state index in [0.29, 0.717) is 6.54 Å². The second-order valence-corrected chi connectivity index (χ2v) is 5.30. The van der Waals surface area contributed by atoms with Crippen molar-refractivity contribution in [3.05, 3.63) is 16.5 Å². The first kappa shape index (κ1) is 11.8. The van der Waals surface area contributed by atoms with E-state index in [1.54, 1.807) is 0 Å². The summed E-state index contributed by atoms with van der Waals surface area (Å²) in [5.74, 6) is 1.73. The van der Waals surface area contributed by atoms with Crippen molar-refractivity contribution in [3.63, 3.8) is 0 Å². The molecule has 5 heteroatoms. The molecule has 0 amide bonds. The molecule has 2 heterocycles. The van der Waals surface area contributed by atoms with E-state index < -0.39 is 5.60 Å². The van der Waals surface area contributed by atoms with Crippen LogP contribution < -0.4 is 4.90 Å². The van der Waals surface area contributed by atoms with E-state index in [0.717, 1.165) is 35.6 Å². The minimum absolute atomic E-state index is 0.593. The second-order valence-electron chi connectivity index (χ2n) is 4.49. The van der Waals surface area contributed by atoms with Gasteiger partial charge in [0.25, 0.3) is 0 Å². The highest BCUT2D eigenvalue weighted by molar-refractivity contribution is 9.10. The summed E-state index contributed by atoms with van der Waals surface area (Å²) in [4.78, 5) is 10.9. The molecule has 1 aliphatic heterocycles. The fraction of sp³-hybridized carbons (Fsp3) is 0.636. The molecule has 1 atom stereocenters. The number of rotatable bonds is 2. The zero-order chi connectivity index (χ0) is 11.8. The van der Waals surface area contributed by atoms with Gasteiger partial charge in [-0.1, -0.05) is 6.92 Å². The summed E-state index contributed by atoms with van der Waals surface area (Å²) >= 11 is 3.39. The van der Waals surface area contributed by atoms with Gasteiger partial charge < -0.3 is 10.0 Å². The van der Waals surface area contributed by atoms with Gasteiger partial charge in [-0.25, -0.2) is 9.97 Å². The molecular formula is C11H16BrN3O. The SMILES string of the molecule is CCc1nc(Br)cc(N2CCC(C)(O)C2)n1. The van der Waals surface area contributed by atoms with Crippen LogP contribution in [0.3, 0.4) is 0 Å². The van der Waals surface area contributed by atoms with Crippen LogP contribution in [0.2, 0.25) is 0 Å². The Bertz CT molecular complexity index is 395. The lowest BCUT2D eigenvalue weighted by Gasteiger charge is -2.20. The van der Waals surface area contributed by atoms with E-state index in [4.69, 9.17) is 0 Å². The van der Waals surface area contributed by atoms with Crippen LogP contribution in [0.5, 0.6) is 0 Å². The fourth-order valence-electron chi connectivity index (χ4n) is 1.91. The number of aromatic nitrogens is 2. The molecule has 0 radical (unpaired) electrons. The fourth-order valence-corrected chi connectivity index (χ4v) is 2.32. The van der Waals surface area contributed by atoms with Gasteiger partial charge in [0.1, 0.15) is 16.2 Å². The molecule has 0 bridgehead atoms. The average Bonchev–Trinajstić information content (AvgIpc) is 2.58. The van der Waals surface area contributed by atoms with Crippen LogP contribution in [0, 0.1) is 0 Å². The summed E-state index contributed by atoms with van der Waals surface area (Å²) in [6.45, 7) is 5.38. The van der Waals surface area contributed by atoms with Crippen LogP contribution in [0.15, 0.2) is 10.7 Å². The molecule has 16 heavy (non-hydrogen) atoms. The lowest BCUT2D eigenvalue weighted by molar-refractivity contribution is 0.0839. The first-order valence-electron chi connectivity index (χ1n) is 5.51. The van der Waals surface area contributed by atoms with Crippen molar-refractivity contribution in [2.75, 3.05) is 18.0 Å². The van der Waals surface area contributed by atoms with Crippen LogP contribution >= 0.6 is 15.9 Å². The van der Waals surface area contributed by atoms with Crippen molar-refractivity contribution in [3.8, 4) is 0 Å². The van der Waals surface area contributed by atoms with Crippen molar-refractivity contribution in [1.29, 1.82) is 0 Å². The Labute approximate surface area is 104 Å². The number of aliphatic hydroxyl groups is 1. The summed E-state index contributed by atoms with van der Waals surface area (Å²) in [7, 11) is 0. The quantitative estimate of drug-likeness (QED) is 0.842. The summed E-state index contributed by atoms with van der Waals surface area (Å²) < 4.78 is 0.806. The third-order valence-electron chi connectivity index (χ3n) is 2.82. The second kappa shape index (κ2) is 4.30. The van der Waals surface area contributed by atoms with Gasteiger partial charge in [0.05, 0.1) is 5.60 Å². The van der Waals surface area contributed by atoms with Gasteiger partial charge in [0.2, 0.25) is 0 Å². The molecule has 1 unspecified atom stereocenters. The number of halogens is 1. The van der Waals surface area contributed by atoms with Crippen LogP contribution in [-0.2, 0) is 6.42 Å². The number of aryl methyl sites for hydroxylation is 1. The van der Waals surface area contributed by atoms with Gasteiger partial charge in [0.15, 0.2) is 0 Å².